The van der Waals surface area contributed by atoms with Crippen LogP contribution in [-0.4, -0.2) is 31.1 Å². The summed E-state index contributed by atoms with van der Waals surface area (Å²) in [4.78, 5) is 1.65. The van der Waals surface area contributed by atoms with Crippen LogP contribution >= 0.6 is 0 Å². The van der Waals surface area contributed by atoms with E-state index in [4.69, 9.17) is 0 Å². The molecule has 0 saturated carbocycles. The topological polar surface area (TPSA) is 12.5 Å². The van der Waals surface area contributed by atoms with Crippen LogP contribution in [0.4, 0.5) is 13.2 Å². The molecule has 0 radical (unpaired) electrons. The normalized spacial score (nSPS) is 21.0. The molecular formula is C6H10F3NO. The summed E-state index contributed by atoms with van der Waals surface area (Å²) >= 11 is 0. The second kappa shape index (κ2) is 3.40. The van der Waals surface area contributed by atoms with Gasteiger partial charge >= 0.3 is 6.36 Å². The Morgan fingerprint density at radius 2 is 1.73 bits per heavy atom. The summed E-state index contributed by atoms with van der Waals surface area (Å²) in [6.07, 6.45) is -2.54. The third kappa shape index (κ3) is 3.57. The summed E-state index contributed by atoms with van der Waals surface area (Å²) in [5, 5.41) is 0. The Bertz CT molecular complexity index is 119. The molecule has 1 rings (SSSR count). The molecule has 0 aromatic heterocycles. The molecule has 1 aliphatic heterocycles. The Labute approximate surface area is 62.9 Å². The monoisotopic (exact) mass is 169 g/mol. The largest absolute Gasteiger partial charge is 0.523 e. The van der Waals surface area contributed by atoms with Gasteiger partial charge in [-0.05, 0) is 12.8 Å². The van der Waals surface area contributed by atoms with Crippen molar-refractivity contribution in [3.63, 3.8) is 0 Å². The van der Waals surface area contributed by atoms with E-state index in [1.54, 1.807) is 4.90 Å². The summed E-state index contributed by atoms with van der Waals surface area (Å²) in [6, 6.07) is 0. The highest BCUT2D eigenvalue weighted by atomic mass is 19.4. The van der Waals surface area contributed by atoms with E-state index in [1.807, 2.05) is 0 Å². The van der Waals surface area contributed by atoms with Crippen molar-refractivity contribution in [1.29, 1.82) is 0 Å². The van der Waals surface area contributed by atoms with E-state index >= 15 is 0 Å². The first kappa shape index (κ1) is 8.80. The molecule has 0 aromatic carbocycles. The van der Waals surface area contributed by atoms with Crippen molar-refractivity contribution < 1.29 is 17.9 Å². The van der Waals surface area contributed by atoms with E-state index < -0.39 is 6.36 Å². The molecule has 5 heteroatoms. The van der Waals surface area contributed by atoms with Gasteiger partial charge in [0.1, 0.15) is 6.73 Å². The van der Waals surface area contributed by atoms with Gasteiger partial charge < -0.3 is 0 Å². The molecular weight excluding hydrogens is 159 g/mol. The number of likely N-dealkylation sites (tertiary alicyclic amines) is 1. The number of hydrogen-bond donors (Lipinski definition) is 0. The van der Waals surface area contributed by atoms with E-state index in [0.29, 0.717) is 0 Å². The molecule has 2 nitrogen and oxygen atoms in total. The fourth-order valence-corrected chi connectivity index (χ4v) is 1.08. The lowest BCUT2D eigenvalue weighted by atomic mass is 10.4. The molecule has 11 heavy (non-hydrogen) atoms. The van der Waals surface area contributed by atoms with Gasteiger partial charge in [-0.25, -0.2) is 0 Å². The molecule has 0 bridgehead atoms. The molecule has 1 fully saturated rings. The first-order chi connectivity index (χ1) is 5.08. The lowest BCUT2D eigenvalue weighted by molar-refractivity contribution is -0.335. The van der Waals surface area contributed by atoms with Crippen molar-refractivity contribution in [2.45, 2.75) is 19.2 Å². The average molecular weight is 169 g/mol. The molecule has 1 saturated heterocycles. The highest BCUT2D eigenvalue weighted by molar-refractivity contribution is 4.62. The van der Waals surface area contributed by atoms with E-state index in [1.165, 1.54) is 0 Å². The zero-order valence-electron chi connectivity index (χ0n) is 6.02. The van der Waals surface area contributed by atoms with Crippen molar-refractivity contribution in [3.05, 3.63) is 0 Å². The van der Waals surface area contributed by atoms with Crippen molar-refractivity contribution in [3.8, 4) is 0 Å². The van der Waals surface area contributed by atoms with E-state index in [0.717, 1.165) is 25.9 Å². The maximum atomic E-state index is 11.5. The summed E-state index contributed by atoms with van der Waals surface area (Å²) in [5.74, 6) is 0. The van der Waals surface area contributed by atoms with Gasteiger partial charge in [0.05, 0.1) is 0 Å². The molecule has 1 aliphatic rings. The van der Waals surface area contributed by atoms with Crippen LogP contribution in [0.25, 0.3) is 0 Å². The summed E-state index contributed by atoms with van der Waals surface area (Å²) in [6.45, 7) is 1.12. The second-order valence-corrected chi connectivity index (χ2v) is 2.54. The van der Waals surface area contributed by atoms with E-state index in [-0.39, 0.29) is 6.73 Å². The zero-order valence-corrected chi connectivity index (χ0v) is 6.02. The summed E-state index contributed by atoms with van der Waals surface area (Å²) in [7, 11) is 0. The van der Waals surface area contributed by atoms with Crippen LogP contribution in [0.2, 0.25) is 0 Å². The molecule has 0 N–H and O–H groups in total. The van der Waals surface area contributed by atoms with Crippen LogP contribution in [0.15, 0.2) is 0 Å². The summed E-state index contributed by atoms with van der Waals surface area (Å²) in [5.41, 5.74) is 0. The standard InChI is InChI=1S/C6H10F3NO/c7-6(8,9)11-5-10-3-1-2-4-10/h1-5H2. The van der Waals surface area contributed by atoms with Gasteiger partial charge in [-0.3, -0.25) is 9.64 Å². The minimum absolute atomic E-state index is 0.316. The summed E-state index contributed by atoms with van der Waals surface area (Å²) < 4.78 is 38.0. The van der Waals surface area contributed by atoms with Gasteiger partial charge in [-0.2, -0.15) is 0 Å². The number of alkyl halides is 3. The number of ether oxygens (including phenoxy) is 1. The second-order valence-electron chi connectivity index (χ2n) is 2.54. The Balaban J connectivity index is 2.11. The van der Waals surface area contributed by atoms with Crippen LogP contribution in [0.3, 0.4) is 0 Å². The average Bonchev–Trinajstić information content (AvgIpc) is 2.32. The van der Waals surface area contributed by atoms with Gasteiger partial charge in [0.25, 0.3) is 0 Å². The number of rotatable bonds is 2. The van der Waals surface area contributed by atoms with Crippen molar-refractivity contribution in [2.24, 2.45) is 0 Å². The molecule has 0 aromatic rings. The quantitative estimate of drug-likeness (QED) is 0.622. The molecule has 0 spiro atoms. The van der Waals surface area contributed by atoms with Crippen molar-refractivity contribution in [1.82, 2.24) is 4.90 Å². The molecule has 0 amide bonds. The lowest BCUT2D eigenvalue weighted by Crippen LogP contribution is -2.27. The molecule has 0 atom stereocenters. The van der Waals surface area contributed by atoms with Crippen molar-refractivity contribution in [2.75, 3.05) is 19.8 Å². The van der Waals surface area contributed by atoms with Crippen LogP contribution in [-0.2, 0) is 4.74 Å². The van der Waals surface area contributed by atoms with Crippen LogP contribution in [0.5, 0.6) is 0 Å². The van der Waals surface area contributed by atoms with Gasteiger partial charge in [0, 0.05) is 13.1 Å². The van der Waals surface area contributed by atoms with E-state index in [9.17, 15) is 13.2 Å². The van der Waals surface area contributed by atoms with Crippen LogP contribution in [0, 0.1) is 0 Å². The SMILES string of the molecule is FC(F)(F)OCN1CCCC1. The predicted octanol–water partition coefficient (Wildman–Crippen LogP) is 1.58. The van der Waals surface area contributed by atoms with Crippen LogP contribution in [0.1, 0.15) is 12.8 Å². The minimum Gasteiger partial charge on any atom is -0.281 e. The highest BCUT2D eigenvalue weighted by Crippen LogP contribution is 2.17. The number of nitrogens with zero attached hydrogens (tertiary/aromatic N) is 1. The first-order valence-electron chi connectivity index (χ1n) is 3.51. The van der Waals surface area contributed by atoms with Crippen molar-refractivity contribution >= 4 is 0 Å². The Hall–Kier alpha value is -0.290. The molecule has 0 unspecified atom stereocenters. The number of halogens is 3. The third-order valence-corrected chi connectivity index (χ3v) is 1.61. The maximum Gasteiger partial charge on any atom is 0.523 e. The van der Waals surface area contributed by atoms with Gasteiger partial charge in [0.2, 0.25) is 0 Å². The van der Waals surface area contributed by atoms with Crippen LogP contribution < -0.4 is 0 Å². The smallest absolute Gasteiger partial charge is 0.281 e. The minimum atomic E-state index is -4.48. The molecule has 1 heterocycles. The maximum absolute atomic E-state index is 11.5. The predicted molar refractivity (Wildman–Crippen MR) is 32.8 cm³/mol. The zero-order chi connectivity index (χ0) is 8.32. The fraction of sp³-hybridized carbons (Fsp3) is 1.00. The number of hydrogen-bond acceptors (Lipinski definition) is 2. The lowest BCUT2D eigenvalue weighted by Gasteiger charge is -2.15. The molecule has 66 valence electrons. The van der Waals surface area contributed by atoms with Gasteiger partial charge in [0.15, 0.2) is 0 Å². The first-order valence-corrected chi connectivity index (χ1v) is 3.51. The highest BCUT2D eigenvalue weighted by Gasteiger charge is 2.30. The Morgan fingerprint density at radius 1 is 1.18 bits per heavy atom. The molecule has 0 aliphatic carbocycles. The fourth-order valence-electron chi connectivity index (χ4n) is 1.08. The van der Waals surface area contributed by atoms with E-state index in [2.05, 4.69) is 4.74 Å². The Kier molecular flexibility index (Phi) is 2.72. The third-order valence-electron chi connectivity index (χ3n) is 1.61. The van der Waals surface area contributed by atoms with Gasteiger partial charge in [-0.15, -0.1) is 13.2 Å². The Morgan fingerprint density at radius 3 is 2.18 bits per heavy atom. The van der Waals surface area contributed by atoms with Gasteiger partial charge in [-0.1, -0.05) is 0 Å².